The lowest BCUT2D eigenvalue weighted by Crippen LogP contribution is -2.31. The number of hydrogen-bond acceptors (Lipinski definition) is 3. The number of amides is 1. The van der Waals surface area contributed by atoms with Crippen molar-refractivity contribution < 1.29 is 13.9 Å². The number of carbonyl (C=O) groups excluding carboxylic acids is 1. The molecule has 22 heavy (non-hydrogen) atoms. The number of benzene rings is 1. The monoisotopic (exact) mass is 364 g/mol. The van der Waals surface area contributed by atoms with Crippen LogP contribution in [0.2, 0.25) is 0 Å². The van der Waals surface area contributed by atoms with Gasteiger partial charge in [-0.25, -0.2) is 9.37 Å². The average Bonchev–Trinajstić information content (AvgIpc) is 2.98. The highest BCUT2D eigenvalue weighted by Gasteiger charge is 2.29. The van der Waals surface area contributed by atoms with Crippen molar-refractivity contribution in [1.29, 1.82) is 0 Å². The van der Waals surface area contributed by atoms with Crippen LogP contribution in [-0.4, -0.2) is 35.0 Å². The molecular weight excluding hydrogens is 351 g/mol. The van der Waals surface area contributed by atoms with E-state index in [1.807, 2.05) is 6.07 Å². The van der Waals surface area contributed by atoms with Gasteiger partial charge in [-0.15, -0.1) is 0 Å². The molecule has 0 saturated carbocycles. The lowest BCUT2D eigenvalue weighted by Gasteiger charge is -2.17. The molecule has 0 bridgehead atoms. The fourth-order valence-corrected chi connectivity index (χ4v) is 2.65. The molecular formula is C16H14BrFN2O2. The molecule has 3 rings (SSSR count). The second-order valence-corrected chi connectivity index (χ2v) is 5.99. The maximum Gasteiger partial charge on any atom is 0.256 e. The van der Waals surface area contributed by atoms with Crippen LogP contribution in [0.1, 0.15) is 16.8 Å². The van der Waals surface area contributed by atoms with Crippen LogP contribution >= 0.6 is 15.9 Å². The van der Waals surface area contributed by atoms with E-state index in [1.165, 1.54) is 12.1 Å². The van der Waals surface area contributed by atoms with Crippen molar-refractivity contribution in [1.82, 2.24) is 9.88 Å². The molecule has 0 unspecified atom stereocenters. The SMILES string of the molecule is O=C(c1ccccc1F)N1CC[C@H](Oc2ccc(Br)cn2)C1. The molecule has 1 aliphatic rings. The fraction of sp³-hybridized carbons (Fsp3) is 0.250. The largest absolute Gasteiger partial charge is 0.472 e. The smallest absolute Gasteiger partial charge is 0.256 e. The van der Waals surface area contributed by atoms with Crippen LogP contribution in [-0.2, 0) is 0 Å². The van der Waals surface area contributed by atoms with Crippen LogP contribution in [0.25, 0.3) is 0 Å². The molecule has 6 heteroatoms. The van der Waals surface area contributed by atoms with Gasteiger partial charge in [-0.1, -0.05) is 12.1 Å². The maximum atomic E-state index is 13.7. The number of halogens is 2. The van der Waals surface area contributed by atoms with Gasteiger partial charge in [0.25, 0.3) is 5.91 Å². The molecule has 1 atom stereocenters. The quantitative estimate of drug-likeness (QED) is 0.839. The van der Waals surface area contributed by atoms with E-state index in [9.17, 15) is 9.18 Å². The van der Waals surface area contributed by atoms with Gasteiger partial charge in [0.05, 0.1) is 12.1 Å². The summed E-state index contributed by atoms with van der Waals surface area (Å²) in [6.07, 6.45) is 2.24. The third kappa shape index (κ3) is 3.27. The van der Waals surface area contributed by atoms with Crippen molar-refractivity contribution in [2.24, 2.45) is 0 Å². The maximum absolute atomic E-state index is 13.7. The summed E-state index contributed by atoms with van der Waals surface area (Å²) in [5.41, 5.74) is 0.102. The van der Waals surface area contributed by atoms with Gasteiger partial charge in [0, 0.05) is 29.7 Å². The van der Waals surface area contributed by atoms with E-state index in [1.54, 1.807) is 29.3 Å². The summed E-state index contributed by atoms with van der Waals surface area (Å²) in [4.78, 5) is 18.1. The number of nitrogens with zero attached hydrogens (tertiary/aromatic N) is 2. The van der Waals surface area contributed by atoms with Crippen LogP contribution < -0.4 is 4.74 Å². The summed E-state index contributed by atoms with van der Waals surface area (Å²) >= 11 is 3.31. The second kappa shape index (κ2) is 6.44. The van der Waals surface area contributed by atoms with Gasteiger partial charge in [-0.2, -0.15) is 0 Å². The van der Waals surface area contributed by atoms with Crippen LogP contribution in [0.15, 0.2) is 47.1 Å². The standard InChI is InChI=1S/C16H14BrFN2O2/c17-11-5-6-15(19-9-11)22-12-7-8-20(10-12)16(21)13-3-1-2-4-14(13)18/h1-6,9,12H,7-8,10H2/t12-/m0/s1. The van der Waals surface area contributed by atoms with E-state index < -0.39 is 5.82 Å². The van der Waals surface area contributed by atoms with E-state index >= 15 is 0 Å². The highest BCUT2D eigenvalue weighted by molar-refractivity contribution is 9.10. The highest BCUT2D eigenvalue weighted by Crippen LogP contribution is 2.20. The van der Waals surface area contributed by atoms with E-state index in [4.69, 9.17) is 4.74 Å². The molecule has 0 aliphatic carbocycles. The third-order valence-electron chi connectivity index (χ3n) is 3.52. The zero-order valence-corrected chi connectivity index (χ0v) is 13.3. The van der Waals surface area contributed by atoms with Crippen molar-refractivity contribution >= 4 is 21.8 Å². The Morgan fingerprint density at radius 1 is 1.32 bits per heavy atom. The van der Waals surface area contributed by atoms with Crippen LogP contribution in [0.3, 0.4) is 0 Å². The number of pyridine rings is 1. The topological polar surface area (TPSA) is 42.4 Å². The Labute approximate surface area is 136 Å². The number of carbonyl (C=O) groups is 1. The van der Waals surface area contributed by atoms with Gasteiger partial charge in [0.1, 0.15) is 11.9 Å². The number of aromatic nitrogens is 1. The van der Waals surface area contributed by atoms with Gasteiger partial charge in [0.2, 0.25) is 5.88 Å². The molecule has 2 aromatic rings. The molecule has 4 nitrogen and oxygen atoms in total. The van der Waals surface area contributed by atoms with Crippen molar-refractivity contribution in [3.05, 3.63) is 58.4 Å². The predicted molar refractivity (Wildman–Crippen MR) is 83.3 cm³/mol. The van der Waals surface area contributed by atoms with Crippen LogP contribution in [0.4, 0.5) is 4.39 Å². The first kappa shape index (κ1) is 15.0. The molecule has 0 radical (unpaired) electrons. The fourth-order valence-electron chi connectivity index (χ4n) is 2.42. The molecule has 1 aromatic carbocycles. The third-order valence-corrected chi connectivity index (χ3v) is 3.99. The first-order valence-electron chi connectivity index (χ1n) is 6.95. The summed E-state index contributed by atoms with van der Waals surface area (Å²) in [5, 5.41) is 0. The Balaban J connectivity index is 1.63. The zero-order chi connectivity index (χ0) is 15.5. The zero-order valence-electron chi connectivity index (χ0n) is 11.7. The van der Waals surface area contributed by atoms with Gasteiger partial charge in [0.15, 0.2) is 0 Å². The van der Waals surface area contributed by atoms with Crippen LogP contribution in [0.5, 0.6) is 5.88 Å². The summed E-state index contributed by atoms with van der Waals surface area (Å²) in [6.45, 7) is 0.985. The number of likely N-dealkylation sites (tertiary alicyclic amines) is 1. The molecule has 1 aliphatic heterocycles. The molecule has 1 saturated heterocycles. The Morgan fingerprint density at radius 3 is 2.86 bits per heavy atom. The minimum absolute atomic E-state index is 0.102. The summed E-state index contributed by atoms with van der Waals surface area (Å²) < 4.78 is 20.3. The summed E-state index contributed by atoms with van der Waals surface area (Å²) in [6, 6.07) is 9.64. The first-order valence-corrected chi connectivity index (χ1v) is 7.75. The van der Waals surface area contributed by atoms with E-state index in [0.29, 0.717) is 25.4 Å². The van der Waals surface area contributed by atoms with Crippen LogP contribution in [0, 0.1) is 5.82 Å². The molecule has 114 valence electrons. The van der Waals surface area contributed by atoms with Crippen molar-refractivity contribution in [3.63, 3.8) is 0 Å². The molecule has 0 N–H and O–H groups in total. The molecule has 2 heterocycles. The Hall–Kier alpha value is -1.95. The minimum Gasteiger partial charge on any atom is -0.472 e. The van der Waals surface area contributed by atoms with Gasteiger partial charge < -0.3 is 9.64 Å². The minimum atomic E-state index is -0.494. The lowest BCUT2D eigenvalue weighted by atomic mass is 10.2. The van der Waals surface area contributed by atoms with E-state index in [-0.39, 0.29) is 17.6 Å². The van der Waals surface area contributed by atoms with Crippen molar-refractivity contribution in [2.45, 2.75) is 12.5 Å². The van der Waals surface area contributed by atoms with Crippen molar-refractivity contribution in [3.8, 4) is 5.88 Å². The van der Waals surface area contributed by atoms with Gasteiger partial charge >= 0.3 is 0 Å². The summed E-state index contributed by atoms with van der Waals surface area (Å²) in [7, 11) is 0. The number of hydrogen-bond donors (Lipinski definition) is 0. The molecule has 1 amide bonds. The Bertz CT molecular complexity index is 678. The molecule has 1 aromatic heterocycles. The first-order chi connectivity index (χ1) is 10.6. The van der Waals surface area contributed by atoms with E-state index in [2.05, 4.69) is 20.9 Å². The molecule has 1 fully saturated rings. The number of ether oxygens (including phenoxy) is 1. The highest BCUT2D eigenvalue weighted by atomic mass is 79.9. The average molecular weight is 365 g/mol. The lowest BCUT2D eigenvalue weighted by molar-refractivity contribution is 0.0766. The number of rotatable bonds is 3. The molecule has 0 spiro atoms. The van der Waals surface area contributed by atoms with Crippen molar-refractivity contribution in [2.75, 3.05) is 13.1 Å². The normalized spacial score (nSPS) is 17.5. The summed E-state index contributed by atoms with van der Waals surface area (Å²) in [5.74, 6) is -0.271. The Kier molecular flexibility index (Phi) is 4.38. The van der Waals surface area contributed by atoms with Gasteiger partial charge in [-0.05, 0) is 34.1 Å². The second-order valence-electron chi connectivity index (χ2n) is 5.07. The predicted octanol–water partition coefficient (Wildman–Crippen LogP) is 3.28. The van der Waals surface area contributed by atoms with Gasteiger partial charge in [-0.3, -0.25) is 4.79 Å². The Morgan fingerprint density at radius 2 is 2.14 bits per heavy atom. The van der Waals surface area contributed by atoms with E-state index in [0.717, 1.165) is 4.47 Å².